The van der Waals surface area contributed by atoms with E-state index in [0.717, 1.165) is 31.8 Å². The molecule has 1 aliphatic rings. The molecule has 0 spiro atoms. The lowest BCUT2D eigenvalue weighted by molar-refractivity contribution is -0.0306. The molecule has 108 valence electrons. The van der Waals surface area contributed by atoms with E-state index in [1.807, 2.05) is 14.1 Å². The number of aliphatic hydroxyl groups excluding tert-OH is 1. The summed E-state index contributed by atoms with van der Waals surface area (Å²) in [5.74, 6) is 0.777. The van der Waals surface area contributed by atoms with Gasteiger partial charge < -0.3 is 20.1 Å². The Morgan fingerprint density at radius 3 is 2.83 bits per heavy atom. The van der Waals surface area contributed by atoms with E-state index in [1.54, 1.807) is 0 Å². The van der Waals surface area contributed by atoms with Crippen molar-refractivity contribution in [3.8, 4) is 0 Å². The van der Waals surface area contributed by atoms with Crippen molar-refractivity contribution in [1.29, 1.82) is 0 Å². The van der Waals surface area contributed by atoms with Crippen molar-refractivity contribution in [1.82, 2.24) is 10.2 Å². The predicted molar refractivity (Wildman–Crippen MR) is 74.8 cm³/mol. The van der Waals surface area contributed by atoms with Crippen LogP contribution in [0.3, 0.4) is 0 Å². The first-order chi connectivity index (χ1) is 8.58. The first-order valence-electron chi connectivity index (χ1n) is 7.23. The second kappa shape index (κ2) is 8.86. The van der Waals surface area contributed by atoms with E-state index in [2.05, 4.69) is 17.1 Å². The van der Waals surface area contributed by atoms with Gasteiger partial charge in [-0.25, -0.2) is 0 Å². The first kappa shape index (κ1) is 15.9. The van der Waals surface area contributed by atoms with Crippen LogP contribution in [-0.4, -0.2) is 62.6 Å². The molecule has 0 saturated heterocycles. The van der Waals surface area contributed by atoms with Crippen LogP contribution in [0, 0.1) is 5.92 Å². The Morgan fingerprint density at radius 1 is 1.39 bits per heavy atom. The Bertz CT molecular complexity index is 212. The lowest BCUT2D eigenvalue weighted by atomic mass is 9.89. The molecular formula is C14H30N2O2. The Morgan fingerprint density at radius 2 is 2.17 bits per heavy atom. The third kappa shape index (κ3) is 7.31. The van der Waals surface area contributed by atoms with E-state index in [-0.39, 0.29) is 6.10 Å². The summed E-state index contributed by atoms with van der Waals surface area (Å²) in [5, 5.41) is 13.1. The van der Waals surface area contributed by atoms with Crippen molar-refractivity contribution >= 4 is 0 Å². The quantitative estimate of drug-likeness (QED) is 0.640. The van der Waals surface area contributed by atoms with Gasteiger partial charge in [0.1, 0.15) is 0 Å². The molecule has 0 radical (unpaired) electrons. The highest BCUT2D eigenvalue weighted by molar-refractivity contribution is 4.71. The lowest BCUT2D eigenvalue weighted by Crippen LogP contribution is -2.36. The summed E-state index contributed by atoms with van der Waals surface area (Å²) in [4.78, 5) is 2.12. The van der Waals surface area contributed by atoms with Crippen molar-refractivity contribution in [3.05, 3.63) is 0 Å². The Labute approximate surface area is 112 Å². The zero-order chi connectivity index (χ0) is 13.4. The molecule has 0 aromatic heterocycles. The molecule has 2 N–H and O–H groups in total. The van der Waals surface area contributed by atoms with Crippen molar-refractivity contribution < 1.29 is 9.84 Å². The molecule has 3 atom stereocenters. The molecule has 1 rings (SSSR count). The smallest absolute Gasteiger partial charge is 0.0897 e. The highest BCUT2D eigenvalue weighted by Gasteiger charge is 2.20. The fraction of sp³-hybridized carbons (Fsp3) is 1.00. The predicted octanol–water partition coefficient (Wildman–Crippen LogP) is 1.09. The van der Waals surface area contributed by atoms with Gasteiger partial charge in [0.2, 0.25) is 0 Å². The molecule has 3 unspecified atom stereocenters. The maximum atomic E-state index is 9.81. The van der Waals surface area contributed by atoms with E-state index in [1.165, 1.54) is 12.8 Å². The summed E-state index contributed by atoms with van der Waals surface area (Å²) in [6.07, 6.45) is 4.89. The van der Waals surface area contributed by atoms with Crippen LogP contribution in [0.2, 0.25) is 0 Å². The molecule has 0 aromatic carbocycles. The van der Waals surface area contributed by atoms with Gasteiger partial charge in [-0.1, -0.05) is 19.8 Å². The highest BCUT2D eigenvalue weighted by Crippen LogP contribution is 2.25. The van der Waals surface area contributed by atoms with Crippen LogP contribution in [0.4, 0.5) is 0 Å². The number of hydrogen-bond donors (Lipinski definition) is 2. The van der Waals surface area contributed by atoms with Crippen LogP contribution in [0.15, 0.2) is 0 Å². The Kier molecular flexibility index (Phi) is 7.82. The van der Waals surface area contributed by atoms with Crippen molar-refractivity contribution in [2.24, 2.45) is 5.92 Å². The van der Waals surface area contributed by atoms with Crippen LogP contribution in [-0.2, 0) is 4.74 Å². The first-order valence-corrected chi connectivity index (χ1v) is 7.23. The van der Waals surface area contributed by atoms with Gasteiger partial charge in [-0.2, -0.15) is 0 Å². The summed E-state index contributed by atoms with van der Waals surface area (Å²) in [7, 11) is 4.09. The molecule has 1 aliphatic carbocycles. The summed E-state index contributed by atoms with van der Waals surface area (Å²) >= 11 is 0. The fourth-order valence-electron chi connectivity index (χ4n) is 2.41. The third-order valence-electron chi connectivity index (χ3n) is 3.53. The zero-order valence-corrected chi connectivity index (χ0v) is 12.2. The van der Waals surface area contributed by atoms with Gasteiger partial charge in [-0.3, -0.25) is 0 Å². The summed E-state index contributed by atoms with van der Waals surface area (Å²) in [6, 6.07) is 0. The number of hydrogen-bond acceptors (Lipinski definition) is 4. The van der Waals surface area contributed by atoms with Gasteiger partial charge in [0.05, 0.1) is 18.8 Å². The minimum Gasteiger partial charge on any atom is -0.389 e. The van der Waals surface area contributed by atoms with Crippen LogP contribution < -0.4 is 5.32 Å². The number of rotatable bonds is 8. The number of ether oxygens (including phenoxy) is 1. The maximum Gasteiger partial charge on any atom is 0.0897 e. The Hall–Kier alpha value is -0.160. The third-order valence-corrected chi connectivity index (χ3v) is 3.53. The van der Waals surface area contributed by atoms with E-state index in [4.69, 9.17) is 4.74 Å². The lowest BCUT2D eigenvalue weighted by Gasteiger charge is -2.27. The molecule has 1 saturated carbocycles. The molecule has 4 nitrogen and oxygen atoms in total. The van der Waals surface area contributed by atoms with Gasteiger partial charge in [-0.05, 0) is 32.9 Å². The normalized spacial score (nSPS) is 26.5. The molecule has 0 aliphatic heterocycles. The minimum absolute atomic E-state index is 0.366. The maximum absolute atomic E-state index is 9.81. The van der Waals surface area contributed by atoms with Crippen LogP contribution in [0.25, 0.3) is 0 Å². The minimum atomic E-state index is -0.385. The average Bonchev–Trinajstić information content (AvgIpc) is 2.32. The van der Waals surface area contributed by atoms with Gasteiger partial charge in [0, 0.05) is 19.6 Å². The van der Waals surface area contributed by atoms with Gasteiger partial charge in [0.15, 0.2) is 0 Å². The van der Waals surface area contributed by atoms with Gasteiger partial charge >= 0.3 is 0 Å². The van der Waals surface area contributed by atoms with Crippen molar-refractivity contribution in [2.75, 3.05) is 40.3 Å². The Balaban J connectivity index is 2.00. The van der Waals surface area contributed by atoms with E-state index < -0.39 is 0 Å². The molecule has 0 bridgehead atoms. The molecule has 18 heavy (non-hydrogen) atoms. The second-order valence-electron chi connectivity index (χ2n) is 5.89. The summed E-state index contributed by atoms with van der Waals surface area (Å²) in [6.45, 7) is 5.27. The van der Waals surface area contributed by atoms with Crippen LogP contribution >= 0.6 is 0 Å². The highest BCUT2D eigenvalue weighted by atomic mass is 16.5. The summed E-state index contributed by atoms with van der Waals surface area (Å²) in [5.41, 5.74) is 0. The topological polar surface area (TPSA) is 44.7 Å². The van der Waals surface area contributed by atoms with Crippen LogP contribution in [0.1, 0.15) is 32.6 Å². The summed E-state index contributed by atoms with van der Waals surface area (Å²) < 4.78 is 5.79. The SMILES string of the molecule is CC1CCCC(OCC(O)CNCCN(C)C)C1. The van der Waals surface area contributed by atoms with Gasteiger partial charge in [-0.15, -0.1) is 0 Å². The van der Waals surface area contributed by atoms with Gasteiger partial charge in [0.25, 0.3) is 0 Å². The number of likely N-dealkylation sites (N-methyl/N-ethyl adjacent to an activating group) is 1. The molecule has 0 aromatic rings. The number of nitrogens with zero attached hydrogens (tertiary/aromatic N) is 1. The van der Waals surface area contributed by atoms with Crippen molar-refractivity contribution in [3.63, 3.8) is 0 Å². The molecular weight excluding hydrogens is 228 g/mol. The number of nitrogens with one attached hydrogen (secondary N) is 1. The fourth-order valence-corrected chi connectivity index (χ4v) is 2.41. The van der Waals surface area contributed by atoms with Crippen LogP contribution in [0.5, 0.6) is 0 Å². The molecule has 0 heterocycles. The monoisotopic (exact) mass is 258 g/mol. The largest absolute Gasteiger partial charge is 0.389 e. The van der Waals surface area contributed by atoms with Crippen molar-refractivity contribution in [2.45, 2.75) is 44.8 Å². The molecule has 1 fully saturated rings. The van der Waals surface area contributed by atoms with E-state index in [0.29, 0.717) is 19.3 Å². The molecule has 0 amide bonds. The standard InChI is InChI=1S/C14H30N2O2/c1-12-5-4-6-14(9-12)18-11-13(17)10-15-7-8-16(2)3/h12-15,17H,4-11H2,1-3H3. The van der Waals surface area contributed by atoms with E-state index >= 15 is 0 Å². The number of aliphatic hydroxyl groups is 1. The second-order valence-corrected chi connectivity index (χ2v) is 5.89. The van der Waals surface area contributed by atoms with E-state index in [9.17, 15) is 5.11 Å². The zero-order valence-electron chi connectivity index (χ0n) is 12.2. The molecule has 4 heteroatoms. The average molecular weight is 258 g/mol.